The number of hydrogen-bond acceptors (Lipinski definition) is 3. The van der Waals surface area contributed by atoms with Gasteiger partial charge in [0.05, 0.1) is 19.1 Å². The predicted octanol–water partition coefficient (Wildman–Crippen LogP) is 3.86. The lowest BCUT2D eigenvalue weighted by Crippen LogP contribution is -2.40. The van der Waals surface area contributed by atoms with E-state index in [2.05, 4.69) is 24.3 Å². The van der Waals surface area contributed by atoms with E-state index in [-0.39, 0.29) is 23.9 Å². The van der Waals surface area contributed by atoms with Crippen LogP contribution in [-0.4, -0.2) is 31.0 Å². The standard InChI is InChI=1S/C21H28N2O2/c1-14(15(2)22)21(24)23(4)16(3)17-10-12-18(13-11-17)19-8-6-7-9-20(19)25-5/h6-16H,22H2,1-5H3. The summed E-state index contributed by atoms with van der Waals surface area (Å²) in [5, 5.41) is 0. The van der Waals surface area contributed by atoms with Crippen molar-refractivity contribution in [1.29, 1.82) is 0 Å². The van der Waals surface area contributed by atoms with Gasteiger partial charge in [-0.05, 0) is 31.0 Å². The molecule has 0 aliphatic heterocycles. The third kappa shape index (κ3) is 4.20. The fourth-order valence-electron chi connectivity index (χ4n) is 2.78. The average Bonchev–Trinajstić information content (AvgIpc) is 2.65. The number of nitrogens with two attached hydrogens (primary N) is 1. The van der Waals surface area contributed by atoms with Crippen LogP contribution in [0.3, 0.4) is 0 Å². The van der Waals surface area contributed by atoms with Crippen LogP contribution in [0.2, 0.25) is 0 Å². The molecule has 0 bridgehead atoms. The molecule has 0 fully saturated rings. The van der Waals surface area contributed by atoms with E-state index in [1.54, 1.807) is 12.0 Å². The molecule has 4 heteroatoms. The summed E-state index contributed by atoms with van der Waals surface area (Å²) < 4.78 is 5.43. The predicted molar refractivity (Wildman–Crippen MR) is 102 cm³/mol. The summed E-state index contributed by atoms with van der Waals surface area (Å²) in [4.78, 5) is 14.3. The van der Waals surface area contributed by atoms with Crippen molar-refractivity contribution < 1.29 is 9.53 Å². The first-order valence-corrected chi connectivity index (χ1v) is 8.62. The lowest BCUT2D eigenvalue weighted by Gasteiger charge is -2.29. The summed E-state index contributed by atoms with van der Waals surface area (Å²) >= 11 is 0. The minimum absolute atomic E-state index is 0.0135. The first-order valence-electron chi connectivity index (χ1n) is 8.62. The number of nitrogens with zero attached hydrogens (tertiary/aromatic N) is 1. The van der Waals surface area contributed by atoms with Crippen molar-refractivity contribution in [3.63, 3.8) is 0 Å². The molecule has 0 aliphatic carbocycles. The lowest BCUT2D eigenvalue weighted by atomic mass is 9.98. The Balaban J connectivity index is 2.20. The molecule has 0 aromatic heterocycles. The number of hydrogen-bond donors (Lipinski definition) is 1. The number of rotatable bonds is 6. The van der Waals surface area contributed by atoms with E-state index in [0.29, 0.717) is 0 Å². The normalized spacial score (nSPS) is 14.5. The van der Waals surface area contributed by atoms with E-state index in [9.17, 15) is 4.79 Å². The first-order chi connectivity index (χ1) is 11.9. The van der Waals surface area contributed by atoms with Crippen molar-refractivity contribution in [3.05, 3.63) is 54.1 Å². The maximum atomic E-state index is 12.5. The zero-order valence-corrected chi connectivity index (χ0v) is 15.7. The highest BCUT2D eigenvalue weighted by Crippen LogP contribution is 2.31. The molecule has 134 valence electrons. The van der Waals surface area contributed by atoms with Crippen LogP contribution in [0.25, 0.3) is 11.1 Å². The molecule has 2 rings (SSSR count). The largest absolute Gasteiger partial charge is 0.496 e. The number of carbonyl (C=O) groups excluding carboxylic acids is 1. The Bertz CT molecular complexity index is 710. The Labute approximate surface area is 150 Å². The van der Waals surface area contributed by atoms with Crippen LogP contribution >= 0.6 is 0 Å². The SMILES string of the molecule is COc1ccccc1-c1ccc(C(C)N(C)C(=O)C(C)C(C)N)cc1. The molecule has 3 unspecified atom stereocenters. The minimum Gasteiger partial charge on any atom is -0.496 e. The van der Waals surface area contributed by atoms with E-state index in [4.69, 9.17) is 10.5 Å². The van der Waals surface area contributed by atoms with E-state index in [0.717, 1.165) is 22.4 Å². The highest BCUT2D eigenvalue weighted by atomic mass is 16.5. The van der Waals surface area contributed by atoms with Crippen LogP contribution in [-0.2, 0) is 4.79 Å². The van der Waals surface area contributed by atoms with Gasteiger partial charge in [-0.2, -0.15) is 0 Å². The summed E-state index contributed by atoms with van der Waals surface area (Å²) in [5.74, 6) is 0.720. The summed E-state index contributed by atoms with van der Waals surface area (Å²) in [5.41, 5.74) is 9.10. The van der Waals surface area contributed by atoms with Crippen LogP contribution in [0.1, 0.15) is 32.4 Å². The zero-order chi connectivity index (χ0) is 18.6. The smallest absolute Gasteiger partial charge is 0.227 e. The van der Waals surface area contributed by atoms with Crippen molar-refractivity contribution in [1.82, 2.24) is 4.90 Å². The van der Waals surface area contributed by atoms with Gasteiger partial charge in [-0.3, -0.25) is 4.79 Å². The number of ether oxygens (including phenoxy) is 1. The number of para-hydroxylation sites is 1. The molecule has 2 aromatic rings. The molecule has 25 heavy (non-hydrogen) atoms. The molecule has 0 radical (unpaired) electrons. The first kappa shape index (κ1) is 19.0. The van der Waals surface area contributed by atoms with Crippen molar-refractivity contribution >= 4 is 5.91 Å². The van der Waals surface area contributed by atoms with E-state index >= 15 is 0 Å². The summed E-state index contributed by atoms with van der Waals surface area (Å²) in [6.45, 7) is 5.77. The molecule has 0 heterocycles. The Kier molecular flexibility index (Phi) is 6.21. The molecule has 4 nitrogen and oxygen atoms in total. The number of benzene rings is 2. The average molecular weight is 340 g/mol. The van der Waals surface area contributed by atoms with Gasteiger partial charge in [0.1, 0.15) is 5.75 Å². The van der Waals surface area contributed by atoms with Crippen molar-refractivity contribution in [2.24, 2.45) is 11.7 Å². The quantitative estimate of drug-likeness (QED) is 0.868. The summed E-state index contributed by atoms with van der Waals surface area (Å²) in [6, 6.07) is 16.0. The van der Waals surface area contributed by atoms with Crippen LogP contribution in [0, 0.1) is 5.92 Å². The fourth-order valence-corrected chi connectivity index (χ4v) is 2.78. The molecule has 0 saturated heterocycles. The molecule has 3 atom stereocenters. The molecular weight excluding hydrogens is 312 g/mol. The van der Waals surface area contributed by atoms with Crippen LogP contribution in [0.5, 0.6) is 5.75 Å². The zero-order valence-electron chi connectivity index (χ0n) is 15.7. The third-order valence-electron chi connectivity index (χ3n) is 4.92. The van der Waals surface area contributed by atoms with Crippen molar-refractivity contribution in [3.8, 4) is 16.9 Å². The number of carbonyl (C=O) groups is 1. The van der Waals surface area contributed by atoms with Crippen LogP contribution in [0.4, 0.5) is 0 Å². The van der Waals surface area contributed by atoms with Gasteiger partial charge in [-0.1, -0.05) is 49.4 Å². The maximum Gasteiger partial charge on any atom is 0.227 e. The van der Waals surface area contributed by atoms with Gasteiger partial charge in [-0.25, -0.2) is 0 Å². The second kappa shape index (κ2) is 8.17. The van der Waals surface area contributed by atoms with E-state index < -0.39 is 0 Å². The van der Waals surface area contributed by atoms with Gasteiger partial charge < -0.3 is 15.4 Å². The molecular formula is C21H28N2O2. The monoisotopic (exact) mass is 340 g/mol. The number of methoxy groups -OCH3 is 1. The van der Waals surface area contributed by atoms with E-state index in [1.807, 2.05) is 52.1 Å². The highest BCUT2D eigenvalue weighted by molar-refractivity contribution is 5.79. The van der Waals surface area contributed by atoms with Gasteiger partial charge in [-0.15, -0.1) is 0 Å². The minimum atomic E-state index is -0.194. The number of amides is 1. The van der Waals surface area contributed by atoms with E-state index in [1.165, 1.54) is 0 Å². The Morgan fingerprint density at radius 1 is 1.04 bits per heavy atom. The Morgan fingerprint density at radius 3 is 2.20 bits per heavy atom. The molecule has 0 saturated carbocycles. The molecule has 2 aromatic carbocycles. The van der Waals surface area contributed by atoms with Gasteiger partial charge in [0.25, 0.3) is 0 Å². The highest BCUT2D eigenvalue weighted by Gasteiger charge is 2.24. The van der Waals surface area contributed by atoms with Crippen LogP contribution in [0.15, 0.2) is 48.5 Å². The topological polar surface area (TPSA) is 55.6 Å². The van der Waals surface area contributed by atoms with Crippen LogP contribution < -0.4 is 10.5 Å². The van der Waals surface area contributed by atoms with Crippen molar-refractivity contribution in [2.45, 2.75) is 32.9 Å². The van der Waals surface area contributed by atoms with Crippen molar-refractivity contribution in [2.75, 3.05) is 14.2 Å². The molecule has 1 amide bonds. The van der Waals surface area contributed by atoms with Gasteiger partial charge >= 0.3 is 0 Å². The summed E-state index contributed by atoms with van der Waals surface area (Å²) in [6.07, 6.45) is 0. The second-order valence-electron chi connectivity index (χ2n) is 6.60. The lowest BCUT2D eigenvalue weighted by molar-refractivity contribution is -0.136. The second-order valence-corrected chi connectivity index (χ2v) is 6.60. The molecule has 0 spiro atoms. The molecule has 2 N–H and O–H groups in total. The fraction of sp³-hybridized carbons (Fsp3) is 0.381. The maximum absolute atomic E-state index is 12.5. The Hall–Kier alpha value is -2.33. The van der Waals surface area contributed by atoms with Gasteiger partial charge in [0.15, 0.2) is 0 Å². The summed E-state index contributed by atoms with van der Waals surface area (Å²) in [7, 11) is 3.51. The Morgan fingerprint density at radius 2 is 1.64 bits per heavy atom. The van der Waals surface area contributed by atoms with Gasteiger partial charge in [0.2, 0.25) is 5.91 Å². The van der Waals surface area contributed by atoms with Gasteiger partial charge in [0, 0.05) is 18.7 Å². The third-order valence-corrected chi connectivity index (χ3v) is 4.92. The molecule has 0 aliphatic rings.